The summed E-state index contributed by atoms with van der Waals surface area (Å²) in [5, 5.41) is 0.562. The van der Waals surface area contributed by atoms with Crippen LogP contribution in [0.25, 0.3) is 22.2 Å². The van der Waals surface area contributed by atoms with Gasteiger partial charge in [-0.15, -0.1) is 0 Å². The lowest BCUT2D eigenvalue weighted by Gasteiger charge is -2.18. The van der Waals surface area contributed by atoms with E-state index in [2.05, 4.69) is 28.1 Å². The molecule has 2 aliphatic carbocycles. The summed E-state index contributed by atoms with van der Waals surface area (Å²) < 4.78 is 12.3. The van der Waals surface area contributed by atoms with Crippen molar-refractivity contribution in [1.29, 1.82) is 0 Å². The minimum Gasteiger partial charge on any atom is -0.489 e. The molecule has 2 bridgehead atoms. The lowest BCUT2D eigenvalue weighted by molar-refractivity contribution is -0.123. The molecule has 5 atom stereocenters. The zero-order chi connectivity index (χ0) is 34.5. The highest BCUT2D eigenvalue weighted by Gasteiger charge is 2.59. The van der Waals surface area contributed by atoms with Crippen LogP contribution < -0.4 is 9.64 Å². The fourth-order valence-electron chi connectivity index (χ4n) is 7.42. The number of halogens is 1. The number of pyridine rings is 1. The maximum absolute atomic E-state index is 13.7. The first-order valence-corrected chi connectivity index (χ1v) is 17.3. The Kier molecular flexibility index (Phi) is 8.15. The van der Waals surface area contributed by atoms with E-state index >= 15 is 0 Å². The summed E-state index contributed by atoms with van der Waals surface area (Å²) in [5.41, 5.74) is 3.94. The minimum absolute atomic E-state index is 0.133. The van der Waals surface area contributed by atoms with Gasteiger partial charge in [0.1, 0.15) is 12.4 Å². The molecular formula is C41H31BrN2O6. The van der Waals surface area contributed by atoms with E-state index in [1.165, 1.54) is 4.90 Å². The third-order valence-electron chi connectivity index (χ3n) is 9.92. The van der Waals surface area contributed by atoms with Gasteiger partial charge in [-0.1, -0.05) is 70.5 Å². The summed E-state index contributed by atoms with van der Waals surface area (Å²) in [6.07, 6.45) is 3.97. The van der Waals surface area contributed by atoms with Crippen molar-refractivity contribution >= 4 is 56.1 Å². The highest BCUT2D eigenvalue weighted by Crippen LogP contribution is 2.53. The first-order valence-electron chi connectivity index (χ1n) is 16.5. The zero-order valence-electron chi connectivity index (χ0n) is 27.0. The van der Waals surface area contributed by atoms with Gasteiger partial charge in [-0.05, 0) is 91.4 Å². The van der Waals surface area contributed by atoms with Crippen LogP contribution in [0.15, 0.2) is 120 Å². The number of nitrogens with zero attached hydrogens (tertiary/aromatic N) is 2. The number of imide groups is 1. The standard InChI is InChI=1S/C41H31BrN2O6/c1-23(38(45)26-11-16-31(17-12-26)49-22-24-5-3-2-4-6-24)50-41(48)33-21-35(43-34-18-13-29(42)20-32(33)34)25-9-14-30(15-10-25)44-39(46)36-27-7-8-28(19-27)37(36)40(44)47/h2-18,20-21,23,27-28,36-37H,19,22H2,1H3. The van der Waals surface area contributed by atoms with Gasteiger partial charge in [0.05, 0.1) is 34.3 Å². The number of ether oxygens (including phenoxy) is 2. The van der Waals surface area contributed by atoms with Crippen molar-refractivity contribution in [2.45, 2.75) is 26.1 Å². The van der Waals surface area contributed by atoms with Crippen LogP contribution in [0.4, 0.5) is 5.69 Å². The number of carbonyl (C=O) groups excluding carboxylic acids is 4. The normalized spacial score (nSPS) is 21.0. The van der Waals surface area contributed by atoms with Gasteiger partial charge in [-0.3, -0.25) is 19.3 Å². The highest BCUT2D eigenvalue weighted by molar-refractivity contribution is 9.10. The molecule has 5 aromatic rings. The summed E-state index contributed by atoms with van der Waals surface area (Å²) in [7, 11) is 0. The number of benzene rings is 4. The maximum atomic E-state index is 13.7. The van der Waals surface area contributed by atoms with Crippen molar-refractivity contribution in [2.24, 2.45) is 23.7 Å². The van der Waals surface area contributed by atoms with Crippen molar-refractivity contribution in [3.63, 3.8) is 0 Å². The molecule has 2 heterocycles. The Morgan fingerprint density at radius 2 is 1.54 bits per heavy atom. The molecule has 9 heteroatoms. The lowest BCUT2D eigenvalue weighted by atomic mass is 9.85. The molecule has 248 valence electrons. The topological polar surface area (TPSA) is 103 Å². The van der Waals surface area contributed by atoms with Crippen molar-refractivity contribution in [3.8, 4) is 17.0 Å². The van der Waals surface area contributed by atoms with Gasteiger partial charge in [0.25, 0.3) is 0 Å². The highest BCUT2D eigenvalue weighted by atomic mass is 79.9. The largest absolute Gasteiger partial charge is 0.489 e. The summed E-state index contributed by atoms with van der Waals surface area (Å²) in [6.45, 7) is 1.96. The van der Waals surface area contributed by atoms with Crippen molar-refractivity contribution in [1.82, 2.24) is 4.98 Å². The van der Waals surface area contributed by atoms with E-state index in [4.69, 9.17) is 14.5 Å². The number of amides is 2. The minimum atomic E-state index is -1.06. The molecular weight excluding hydrogens is 696 g/mol. The van der Waals surface area contributed by atoms with Crippen LogP contribution in [0.1, 0.15) is 39.6 Å². The Morgan fingerprint density at radius 3 is 2.22 bits per heavy atom. The van der Waals surface area contributed by atoms with Gasteiger partial charge in [0, 0.05) is 21.0 Å². The summed E-state index contributed by atoms with van der Waals surface area (Å²) in [6, 6.07) is 30.7. The quantitative estimate of drug-likeness (QED) is 0.0657. The van der Waals surface area contributed by atoms with E-state index < -0.39 is 12.1 Å². The summed E-state index contributed by atoms with van der Waals surface area (Å²) in [5.74, 6) is -0.958. The molecule has 0 N–H and O–H groups in total. The molecule has 50 heavy (non-hydrogen) atoms. The number of ketones is 1. The lowest BCUT2D eigenvalue weighted by Crippen LogP contribution is -2.32. The molecule has 0 spiro atoms. The second-order valence-corrected chi connectivity index (χ2v) is 13.9. The molecule has 1 saturated heterocycles. The number of fused-ring (bicyclic) bond motifs is 6. The second-order valence-electron chi connectivity index (χ2n) is 13.0. The van der Waals surface area contributed by atoms with E-state index in [9.17, 15) is 19.2 Å². The number of hydrogen-bond donors (Lipinski definition) is 0. The van der Waals surface area contributed by atoms with Gasteiger partial charge in [-0.2, -0.15) is 0 Å². The molecule has 5 unspecified atom stereocenters. The summed E-state index contributed by atoms with van der Waals surface area (Å²) in [4.78, 5) is 59.8. The molecule has 8 rings (SSSR count). The molecule has 4 aromatic carbocycles. The molecule has 3 aliphatic rings. The molecule has 0 radical (unpaired) electrons. The number of allylic oxidation sites excluding steroid dienone is 2. The predicted octanol–water partition coefficient (Wildman–Crippen LogP) is 7.98. The third kappa shape index (κ3) is 5.71. The fraction of sp³-hybridized carbons (Fsp3) is 0.195. The number of rotatable bonds is 9. The summed E-state index contributed by atoms with van der Waals surface area (Å²) >= 11 is 3.48. The van der Waals surface area contributed by atoms with Crippen molar-refractivity contribution < 1.29 is 28.7 Å². The molecule has 2 amide bonds. The molecule has 1 aliphatic heterocycles. The van der Waals surface area contributed by atoms with Gasteiger partial charge in [-0.25, -0.2) is 9.78 Å². The van der Waals surface area contributed by atoms with Crippen LogP contribution >= 0.6 is 15.9 Å². The number of aromatic nitrogens is 1. The molecule has 8 nitrogen and oxygen atoms in total. The SMILES string of the molecule is CC(OC(=O)c1cc(-c2ccc(N3C(=O)C4C5C=CC(C5)C4C3=O)cc2)nc2ccc(Br)cc12)C(=O)c1ccc(OCc2ccccc2)cc1. The second kappa shape index (κ2) is 12.8. The van der Waals surface area contributed by atoms with E-state index in [-0.39, 0.29) is 46.8 Å². The van der Waals surface area contributed by atoms with E-state index in [0.29, 0.717) is 45.8 Å². The van der Waals surface area contributed by atoms with Crippen LogP contribution in [-0.2, 0) is 20.9 Å². The maximum Gasteiger partial charge on any atom is 0.339 e. The Morgan fingerprint density at radius 1 is 0.860 bits per heavy atom. The zero-order valence-corrected chi connectivity index (χ0v) is 28.6. The number of anilines is 1. The van der Waals surface area contributed by atoms with Gasteiger partial charge >= 0.3 is 5.97 Å². The smallest absolute Gasteiger partial charge is 0.339 e. The Labute approximate surface area is 296 Å². The van der Waals surface area contributed by atoms with Gasteiger partial charge in [0.15, 0.2) is 6.10 Å². The van der Waals surface area contributed by atoms with Gasteiger partial charge < -0.3 is 9.47 Å². The molecule has 2 fully saturated rings. The molecule has 1 saturated carbocycles. The van der Waals surface area contributed by atoms with Crippen molar-refractivity contribution in [3.05, 3.63) is 136 Å². The third-order valence-corrected chi connectivity index (χ3v) is 10.4. The van der Waals surface area contributed by atoms with E-state index in [0.717, 1.165) is 16.5 Å². The average molecular weight is 728 g/mol. The Balaban J connectivity index is 1.00. The number of esters is 1. The van der Waals surface area contributed by atoms with E-state index in [1.54, 1.807) is 73.7 Å². The predicted molar refractivity (Wildman–Crippen MR) is 192 cm³/mol. The monoisotopic (exact) mass is 726 g/mol. The number of carbonyl (C=O) groups is 4. The number of Topliss-reactive ketones (excluding diaryl/α,β-unsaturated/α-hetero) is 1. The Hall–Kier alpha value is -5.41. The van der Waals surface area contributed by atoms with Crippen LogP contribution in [0.2, 0.25) is 0 Å². The first kappa shape index (κ1) is 31.8. The van der Waals surface area contributed by atoms with Crippen LogP contribution in [-0.4, -0.2) is 34.7 Å². The van der Waals surface area contributed by atoms with Crippen LogP contribution in [0.5, 0.6) is 5.75 Å². The fourth-order valence-corrected chi connectivity index (χ4v) is 7.78. The first-order chi connectivity index (χ1) is 24.2. The molecule has 1 aromatic heterocycles. The Bertz CT molecular complexity index is 2170. The van der Waals surface area contributed by atoms with Gasteiger partial charge in [0.2, 0.25) is 17.6 Å². The van der Waals surface area contributed by atoms with Crippen LogP contribution in [0, 0.1) is 23.7 Å². The van der Waals surface area contributed by atoms with E-state index in [1.807, 2.05) is 36.4 Å². The van der Waals surface area contributed by atoms with Crippen molar-refractivity contribution in [2.75, 3.05) is 4.90 Å². The average Bonchev–Trinajstić information content (AvgIpc) is 3.84. The van der Waals surface area contributed by atoms with Crippen LogP contribution in [0.3, 0.4) is 0 Å². The number of hydrogen-bond acceptors (Lipinski definition) is 7.